The van der Waals surface area contributed by atoms with E-state index in [2.05, 4.69) is 37.9 Å². The van der Waals surface area contributed by atoms with Crippen LogP contribution in [0.15, 0.2) is 51.4 Å². The first kappa shape index (κ1) is 14.9. The summed E-state index contributed by atoms with van der Waals surface area (Å²) in [5, 5.41) is 8.95. The highest BCUT2D eigenvalue weighted by molar-refractivity contribution is 9.11. The molecule has 20 heavy (non-hydrogen) atoms. The quantitative estimate of drug-likeness (QED) is 0.696. The fourth-order valence-corrected chi connectivity index (χ4v) is 2.83. The summed E-state index contributed by atoms with van der Waals surface area (Å²) in [5.74, 6) is 1.31. The monoisotopic (exact) mass is 395 g/mol. The second-order valence-corrected chi connectivity index (χ2v) is 5.56. The van der Waals surface area contributed by atoms with E-state index < -0.39 is 0 Å². The molecule has 0 fully saturated rings. The third kappa shape index (κ3) is 3.75. The molecular formula is C15H11Br2NO2. The Morgan fingerprint density at radius 2 is 1.55 bits per heavy atom. The minimum atomic E-state index is 0.368. The Kier molecular flexibility index (Phi) is 5.45. The van der Waals surface area contributed by atoms with Crippen LogP contribution in [0.5, 0.6) is 11.5 Å². The predicted octanol–water partition coefficient (Wildman–Crippen LogP) is 4.54. The van der Waals surface area contributed by atoms with Gasteiger partial charge in [-0.2, -0.15) is 5.26 Å². The topological polar surface area (TPSA) is 42.2 Å². The van der Waals surface area contributed by atoms with Gasteiger partial charge in [0.15, 0.2) is 0 Å². The number of rotatable bonds is 5. The van der Waals surface area contributed by atoms with Crippen LogP contribution >= 0.6 is 31.9 Å². The Labute approximate surface area is 134 Å². The lowest BCUT2D eigenvalue weighted by Crippen LogP contribution is -2.10. The Balaban J connectivity index is 1.90. The van der Waals surface area contributed by atoms with Crippen LogP contribution in [0, 0.1) is 11.3 Å². The smallest absolute Gasteiger partial charge is 0.147 e. The van der Waals surface area contributed by atoms with Gasteiger partial charge in [-0.05, 0) is 56.1 Å². The number of hydrogen-bond donors (Lipinski definition) is 0. The molecular weight excluding hydrogens is 386 g/mol. The molecule has 2 rings (SSSR count). The van der Waals surface area contributed by atoms with E-state index >= 15 is 0 Å². The van der Waals surface area contributed by atoms with E-state index in [0.29, 0.717) is 24.5 Å². The van der Waals surface area contributed by atoms with Crippen LogP contribution in [-0.4, -0.2) is 13.2 Å². The first-order valence-electron chi connectivity index (χ1n) is 5.91. The van der Waals surface area contributed by atoms with Gasteiger partial charge in [-0.1, -0.05) is 18.2 Å². The molecule has 0 aromatic heterocycles. The normalized spacial score (nSPS) is 9.85. The molecule has 0 aliphatic carbocycles. The summed E-state index contributed by atoms with van der Waals surface area (Å²) in [4.78, 5) is 0. The second kappa shape index (κ2) is 7.32. The third-order valence-electron chi connectivity index (χ3n) is 2.51. The van der Waals surface area contributed by atoms with E-state index in [1.54, 1.807) is 18.2 Å². The average molecular weight is 397 g/mol. The van der Waals surface area contributed by atoms with Gasteiger partial charge in [0, 0.05) is 0 Å². The van der Waals surface area contributed by atoms with Crippen molar-refractivity contribution in [3.05, 3.63) is 57.0 Å². The van der Waals surface area contributed by atoms with Crippen LogP contribution in [-0.2, 0) is 0 Å². The number of halogens is 2. The molecule has 0 atom stereocenters. The molecule has 5 heteroatoms. The summed E-state index contributed by atoms with van der Waals surface area (Å²) in [6.07, 6.45) is 0. The van der Waals surface area contributed by atoms with Gasteiger partial charge in [0.05, 0.1) is 14.5 Å². The maximum Gasteiger partial charge on any atom is 0.147 e. The molecule has 0 aliphatic rings. The van der Waals surface area contributed by atoms with Crippen LogP contribution < -0.4 is 9.47 Å². The summed E-state index contributed by atoms with van der Waals surface area (Å²) in [6, 6.07) is 15.0. The highest BCUT2D eigenvalue weighted by Gasteiger charge is 2.06. The maximum absolute atomic E-state index is 8.95. The Morgan fingerprint density at radius 1 is 0.900 bits per heavy atom. The molecule has 0 unspecified atom stereocenters. The highest BCUT2D eigenvalue weighted by Crippen LogP contribution is 2.32. The van der Waals surface area contributed by atoms with Crippen molar-refractivity contribution in [3.8, 4) is 17.6 Å². The summed E-state index contributed by atoms with van der Waals surface area (Å²) >= 11 is 6.86. The van der Waals surface area contributed by atoms with Crippen molar-refractivity contribution in [1.82, 2.24) is 0 Å². The first-order chi connectivity index (χ1) is 9.72. The van der Waals surface area contributed by atoms with Gasteiger partial charge < -0.3 is 9.47 Å². The zero-order valence-electron chi connectivity index (χ0n) is 10.5. The number of hydrogen-bond acceptors (Lipinski definition) is 3. The van der Waals surface area contributed by atoms with Crippen LogP contribution in [0.2, 0.25) is 0 Å². The zero-order chi connectivity index (χ0) is 14.4. The van der Waals surface area contributed by atoms with Crippen LogP contribution in [0.4, 0.5) is 0 Å². The summed E-state index contributed by atoms with van der Waals surface area (Å²) in [5.41, 5.74) is 0.523. The number of benzene rings is 2. The molecule has 102 valence electrons. The fourth-order valence-electron chi connectivity index (χ4n) is 1.60. The zero-order valence-corrected chi connectivity index (χ0v) is 13.6. The molecule has 0 saturated carbocycles. The minimum absolute atomic E-state index is 0.368. The van der Waals surface area contributed by atoms with E-state index in [4.69, 9.17) is 14.7 Å². The third-order valence-corrected chi connectivity index (χ3v) is 3.76. The van der Waals surface area contributed by atoms with E-state index in [9.17, 15) is 0 Å². The highest BCUT2D eigenvalue weighted by atomic mass is 79.9. The van der Waals surface area contributed by atoms with Gasteiger partial charge in [0.1, 0.15) is 30.8 Å². The van der Waals surface area contributed by atoms with E-state index in [0.717, 1.165) is 14.7 Å². The lowest BCUT2D eigenvalue weighted by molar-refractivity contribution is 0.215. The van der Waals surface area contributed by atoms with Crippen LogP contribution in [0.25, 0.3) is 0 Å². The molecule has 0 spiro atoms. The fraction of sp³-hybridized carbons (Fsp3) is 0.133. The van der Waals surface area contributed by atoms with Gasteiger partial charge in [-0.15, -0.1) is 0 Å². The number of nitriles is 1. The molecule has 2 aromatic rings. The van der Waals surface area contributed by atoms with Gasteiger partial charge in [0.25, 0.3) is 0 Å². The standard InChI is InChI=1S/C15H11Br2NO2/c16-12-5-3-6-13(17)15(12)20-9-8-19-14-7-2-1-4-11(14)10-18/h1-7H,8-9H2. The predicted molar refractivity (Wildman–Crippen MR) is 84.0 cm³/mol. The van der Waals surface area contributed by atoms with Gasteiger partial charge >= 0.3 is 0 Å². The molecule has 2 aromatic carbocycles. The molecule has 0 amide bonds. The van der Waals surface area contributed by atoms with Crippen LogP contribution in [0.1, 0.15) is 5.56 Å². The van der Waals surface area contributed by atoms with E-state index in [1.165, 1.54) is 0 Å². The Hall–Kier alpha value is -1.51. The van der Waals surface area contributed by atoms with E-state index in [1.807, 2.05) is 24.3 Å². The molecule has 0 N–H and O–H groups in total. The lowest BCUT2D eigenvalue weighted by Gasteiger charge is -2.11. The average Bonchev–Trinajstić information content (AvgIpc) is 2.46. The van der Waals surface area contributed by atoms with Crippen molar-refractivity contribution in [2.24, 2.45) is 0 Å². The van der Waals surface area contributed by atoms with Gasteiger partial charge in [-0.3, -0.25) is 0 Å². The van der Waals surface area contributed by atoms with Gasteiger partial charge in [0.2, 0.25) is 0 Å². The van der Waals surface area contributed by atoms with Crippen molar-refractivity contribution < 1.29 is 9.47 Å². The number of para-hydroxylation sites is 2. The molecule has 3 nitrogen and oxygen atoms in total. The Bertz CT molecular complexity index is 618. The van der Waals surface area contributed by atoms with Crippen molar-refractivity contribution in [1.29, 1.82) is 5.26 Å². The molecule has 0 bridgehead atoms. The summed E-state index contributed by atoms with van der Waals surface area (Å²) < 4.78 is 13.0. The van der Waals surface area contributed by atoms with Gasteiger partial charge in [-0.25, -0.2) is 0 Å². The van der Waals surface area contributed by atoms with Crippen molar-refractivity contribution in [2.45, 2.75) is 0 Å². The lowest BCUT2D eigenvalue weighted by atomic mass is 10.2. The minimum Gasteiger partial charge on any atom is -0.489 e. The van der Waals surface area contributed by atoms with Crippen molar-refractivity contribution in [2.75, 3.05) is 13.2 Å². The van der Waals surface area contributed by atoms with Crippen molar-refractivity contribution in [3.63, 3.8) is 0 Å². The first-order valence-corrected chi connectivity index (χ1v) is 7.49. The van der Waals surface area contributed by atoms with E-state index in [-0.39, 0.29) is 0 Å². The Morgan fingerprint density at radius 3 is 2.25 bits per heavy atom. The van der Waals surface area contributed by atoms with Crippen molar-refractivity contribution >= 4 is 31.9 Å². The molecule has 0 radical (unpaired) electrons. The SMILES string of the molecule is N#Cc1ccccc1OCCOc1c(Br)cccc1Br. The van der Waals surface area contributed by atoms with Crippen LogP contribution in [0.3, 0.4) is 0 Å². The largest absolute Gasteiger partial charge is 0.489 e. The second-order valence-electron chi connectivity index (χ2n) is 3.86. The molecule has 0 aliphatic heterocycles. The molecule has 0 heterocycles. The summed E-state index contributed by atoms with van der Waals surface area (Å²) in [6.45, 7) is 0.757. The molecule has 0 saturated heterocycles. The summed E-state index contributed by atoms with van der Waals surface area (Å²) in [7, 11) is 0. The maximum atomic E-state index is 8.95. The number of nitrogens with zero attached hydrogens (tertiary/aromatic N) is 1. The number of ether oxygens (including phenoxy) is 2.